The zero-order chi connectivity index (χ0) is 51.3. The van der Waals surface area contributed by atoms with E-state index in [9.17, 15) is 4.79 Å². The first-order chi connectivity index (χ1) is 31.2. The predicted octanol–water partition coefficient (Wildman–Crippen LogP) is 6.68. The molecule has 1 amide bonds. The number of amides is 1. The van der Waals surface area contributed by atoms with Crippen LogP contribution in [0.15, 0.2) is 0 Å². The zero-order valence-corrected chi connectivity index (χ0v) is 45.8. The minimum absolute atomic E-state index is 0.00486. The molecule has 4 unspecified atom stereocenters. The van der Waals surface area contributed by atoms with Crippen LogP contribution in [0.5, 0.6) is 0 Å². The Bertz CT molecular complexity index is 1270. The highest BCUT2D eigenvalue weighted by atomic mass is 16.6. The molecule has 4 aliphatic heterocycles. The third-order valence-corrected chi connectivity index (χ3v) is 11.1. The molecule has 0 N–H and O–H groups in total. The van der Waals surface area contributed by atoms with Gasteiger partial charge in [0, 0.05) is 45.6 Å². The maximum Gasteiger partial charge on any atom is 0.219 e. The molecule has 392 valence electrons. The summed E-state index contributed by atoms with van der Waals surface area (Å²) in [4.78, 5) is 13.4. The highest BCUT2D eigenvalue weighted by Gasteiger charge is 2.45. The Morgan fingerprint density at radius 3 is 1.54 bits per heavy atom. The van der Waals surface area contributed by atoms with Crippen molar-refractivity contribution in [2.75, 3.05) is 47.2 Å². The Hall–Kier alpha value is -0.920. The van der Waals surface area contributed by atoms with Crippen LogP contribution in [-0.4, -0.2) is 202 Å². The number of hydrogen-bond acceptors (Lipinski definition) is 14. The maximum absolute atomic E-state index is 11.5. The topological polar surface area (TPSA) is 140 Å². The summed E-state index contributed by atoms with van der Waals surface area (Å²) in [5.74, 6) is 0.304. The molecule has 0 bridgehead atoms. The second kappa shape index (κ2) is 32.9. The lowest BCUT2D eigenvalue weighted by Crippen LogP contribution is -2.40. The molecule has 4 aliphatic rings. The van der Waals surface area contributed by atoms with Crippen LogP contribution >= 0.6 is 0 Å². The molecule has 0 spiro atoms. The third-order valence-electron chi connectivity index (χ3n) is 11.1. The van der Waals surface area contributed by atoms with Gasteiger partial charge in [0.25, 0.3) is 0 Å². The van der Waals surface area contributed by atoms with Crippen molar-refractivity contribution in [3.63, 3.8) is 0 Å². The molecule has 14 atom stereocenters. The molecule has 0 aromatic carbocycles. The minimum atomic E-state index is -0.454. The molecule has 4 radical (unpaired) electrons. The van der Waals surface area contributed by atoms with Crippen molar-refractivity contribution in [2.45, 2.75) is 266 Å². The van der Waals surface area contributed by atoms with Crippen molar-refractivity contribution in [1.82, 2.24) is 4.90 Å². The summed E-state index contributed by atoms with van der Waals surface area (Å²) in [6.07, 6.45) is 1.77. The van der Waals surface area contributed by atoms with Crippen molar-refractivity contribution < 1.29 is 66.4 Å². The van der Waals surface area contributed by atoms with Gasteiger partial charge in [-0.1, -0.05) is 6.92 Å². The quantitative estimate of drug-likeness (QED) is 0.107. The predicted molar refractivity (Wildman–Crippen MR) is 264 cm³/mol. The smallest absolute Gasteiger partial charge is 0.219 e. The lowest BCUT2D eigenvalue weighted by Gasteiger charge is -2.29. The van der Waals surface area contributed by atoms with Gasteiger partial charge < -0.3 is 66.5 Å². The van der Waals surface area contributed by atoms with E-state index in [1.165, 1.54) is 0 Å². The summed E-state index contributed by atoms with van der Waals surface area (Å²) >= 11 is 0. The molecule has 4 rings (SSSR count). The van der Waals surface area contributed by atoms with E-state index in [1.807, 2.05) is 123 Å². The lowest BCUT2D eigenvalue weighted by molar-refractivity contribution is -0.131. The van der Waals surface area contributed by atoms with E-state index in [1.54, 1.807) is 21.1 Å². The first-order valence-electron chi connectivity index (χ1n) is 25.1. The van der Waals surface area contributed by atoms with Crippen LogP contribution in [0, 0.1) is 5.92 Å². The number of nitrogens with zero attached hydrogens (tertiary/aromatic N) is 1. The summed E-state index contributed by atoms with van der Waals surface area (Å²) in [5.41, 5.74) is 0. The number of ether oxygens (including phenoxy) is 13. The molecule has 4 fully saturated rings. The molecule has 0 saturated carbocycles. The normalized spacial score (nSPS) is 31.3. The molecule has 67 heavy (non-hydrogen) atoms. The average Bonchev–Trinajstić information content (AvgIpc) is 3.95. The monoisotopic (exact) mass is 958 g/mol. The van der Waals surface area contributed by atoms with Crippen molar-refractivity contribution >= 4 is 21.6 Å². The summed E-state index contributed by atoms with van der Waals surface area (Å²) in [6, 6.07) is -0.551. The first kappa shape index (κ1) is 64.1. The van der Waals surface area contributed by atoms with E-state index < -0.39 is 6.00 Å². The van der Waals surface area contributed by atoms with E-state index in [0.29, 0.717) is 33.0 Å². The second-order valence-electron chi connectivity index (χ2n) is 20.3. The van der Waals surface area contributed by atoms with Gasteiger partial charge in [-0.15, -0.1) is 0 Å². The molecule has 0 aromatic rings. The van der Waals surface area contributed by atoms with Gasteiger partial charge in [-0.05, 0) is 124 Å². The highest BCUT2D eigenvalue weighted by molar-refractivity contribution is 6.11. The molecule has 15 nitrogen and oxygen atoms in total. The number of methoxy groups -OCH3 is 2. The summed E-state index contributed by atoms with van der Waals surface area (Å²) in [7, 11) is 15.1. The van der Waals surface area contributed by atoms with Crippen LogP contribution in [0.2, 0.25) is 0 Å². The van der Waals surface area contributed by atoms with Gasteiger partial charge in [0.1, 0.15) is 58.4 Å². The summed E-state index contributed by atoms with van der Waals surface area (Å²) in [5, 5.41) is 0. The van der Waals surface area contributed by atoms with Crippen LogP contribution in [0.3, 0.4) is 0 Å². The van der Waals surface area contributed by atoms with Gasteiger partial charge in [-0.2, -0.15) is 0 Å². The van der Waals surface area contributed by atoms with Gasteiger partial charge in [-0.25, -0.2) is 0 Å². The number of hydrogen-bond donors (Lipinski definition) is 0. The lowest BCUT2D eigenvalue weighted by atomic mass is 9.85. The van der Waals surface area contributed by atoms with E-state index in [2.05, 4.69) is 6.92 Å². The summed E-state index contributed by atoms with van der Waals surface area (Å²) in [6.45, 7) is 40.8. The largest absolute Gasteiger partial charge is 0.379 e. The highest BCUT2D eigenvalue weighted by Crippen LogP contribution is 2.32. The van der Waals surface area contributed by atoms with Crippen molar-refractivity contribution in [2.24, 2.45) is 5.92 Å². The van der Waals surface area contributed by atoms with Gasteiger partial charge in [0.15, 0.2) is 0 Å². The Morgan fingerprint density at radius 1 is 0.582 bits per heavy atom. The van der Waals surface area contributed by atoms with Gasteiger partial charge >= 0.3 is 0 Å². The van der Waals surface area contributed by atoms with Crippen LogP contribution in [0.1, 0.15) is 138 Å². The Kier molecular flexibility index (Phi) is 31.5. The number of carbonyl (C=O) groups excluding carboxylic acids is 1. The fourth-order valence-electron chi connectivity index (χ4n) is 8.17. The minimum Gasteiger partial charge on any atom is -0.379 e. The zero-order valence-electron chi connectivity index (χ0n) is 45.8. The number of likely N-dealkylation sites (tertiary alicyclic amines) is 1. The Morgan fingerprint density at radius 2 is 1.07 bits per heavy atom. The molecule has 0 aromatic heterocycles. The maximum atomic E-state index is 11.5. The molecule has 4 saturated heterocycles. The second-order valence-corrected chi connectivity index (χ2v) is 20.3. The van der Waals surface area contributed by atoms with Gasteiger partial charge in [0.2, 0.25) is 5.91 Å². The van der Waals surface area contributed by atoms with E-state index in [0.717, 1.165) is 6.42 Å². The van der Waals surface area contributed by atoms with E-state index in [-0.39, 0.29) is 134 Å². The van der Waals surface area contributed by atoms with Crippen molar-refractivity contribution in [3.8, 4) is 0 Å². The fraction of sp³-hybridized carbons (Fsp3) is 0.980. The molecular formula is C50H97B2NO14. The molecular weight excluding hydrogens is 860 g/mol. The third kappa shape index (κ3) is 24.4. The molecule has 4 heterocycles. The van der Waals surface area contributed by atoms with Crippen LogP contribution in [0.4, 0.5) is 0 Å². The van der Waals surface area contributed by atoms with Crippen LogP contribution in [0.25, 0.3) is 0 Å². The van der Waals surface area contributed by atoms with Gasteiger partial charge in [-0.3, -0.25) is 4.79 Å². The SMILES string of the molecule is CC(=O)N1C[C@H](OC(C)C)C[C@H]1COC(C)C.COC1CO[C@H](COC(C)C)[C@@H]1OC(C)C.[B][C@@H]1O[C@H](C(C)OC(C)C)[C@H](OC(C)C)C1C.[B][C@@H]1O[C@H](COC(C)C)[C@H](OC(C)C)C1OC. The van der Waals surface area contributed by atoms with Crippen LogP contribution < -0.4 is 0 Å². The van der Waals surface area contributed by atoms with Crippen molar-refractivity contribution in [3.05, 3.63) is 0 Å². The van der Waals surface area contributed by atoms with Crippen molar-refractivity contribution in [1.29, 1.82) is 0 Å². The fourth-order valence-corrected chi connectivity index (χ4v) is 8.17. The number of rotatable bonds is 22. The van der Waals surface area contributed by atoms with E-state index in [4.69, 9.17) is 77.3 Å². The van der Waals surface area contributed by atoms with Gasteiger partial charge in [0.05, 0.1) is 99.6 Å². The standard InChI is InChI=1S/C13H25BO3.C13H25NO3.C12H23BO4.C12H24O4/c1-7(2)15-10(6)12-11(16-8(3)4)9(5)13(14)17-12;1-9(2)16-8-12-6-13(17-10(3)4)7-14(12)11(5)15;1-7(2)15-6-9-10(16-8(3)4)11(14-5)12(13)17-9;1-8(2)14-7-11-12(16-9(3)4)10(13-5)6-15-11/h7-13H,1-6H3;9-10,12-13H,6-8H2,1-5H3;7-12H,6H2,1-5H3;8-12H,6-7H2,1-5H3/t9?,10?,11-,12-,13-;12-,13+;9-,10+,11?,12-;10?,11-,12-/m1011/s1. The van der Waals surface area contributed by atoms with E-state index >= 15 is 0 Å². The Labute approximate surface area is 410 Å². The van der Waals surface area contributed by atoms with Crippen LogP contribution in [-0.2, 0) is 66.4 Å². The molecule has 0 aliphatic carbocycles. The summed E-state index contributed by atoms with van der Waals surface area (Å²) < 4.78 is 73.6. The molecule has 17 heteroatoms. The average molecular weight is 958 g/mol. The number of carbonyl (C=O) groups is 1. The first-order valence-corrected chi connectivity index (χ1v) is 25.1. The Balaban J connectivity index is 0.000000447.